The maximum atomic E-state index is 11.6. The average Bonchev–Trinajstić information content (AvgIpc) is 2.55. The molecule has 2 aliphatic heterocycles. The molecule has 0 spiro atoms. The molecule has 0 bridgehead atoms. The van der Waals surface area contributed by atoms with Crippen molar-refractivity contribution in [3.63, 3.8) is 0 Å². The van der Waals surface area contributed by atoms with Gasteiger partial charge in [-0.2, -0.15) is 0 Å². The summed E-state index contributed by atoms with van der Waals surface area (Å²) in [4.78, 5) is 24.6. The zero-order chi connectivity index (χ0) is 18.0. The molecule has 4 N–H and O–H groups in total. The highest BCUT2D eigenvalue weighted by Gasteiger charge is 2.33. The van der Waals surface area contributed by atoms with Gasteiger partial charge < -0.3 is 19.5 Å². The van der Waals surface area contributed by atoms with Crippen LogP contribution in [0.1, 0.15) is 22.3 Å². The molecule has 0 radical (unpaired) electrons. The minimum Gasteiger partial charge on any atom is -0.535 e. The van der Waals surface area contributed by atoms with Crippen molar-refractivity contribution in [1.82, 2.24) is 10.4 Å². The number of hydrogen-bond donors (Lipinski definition) is 4. The molecule has 2 heterocycles. The molecule has 0 aromatic heterocycles. The predicted molar refractivity (Wildman–Crippen MR) is 85.9 cm³/mol. The standard InChI is InChI=1S/C15H19BN2O7/c19-12(17-23)4-6-18-7-10(8-18)24-11-2-1-9-3-5-16(22)25-14(9)13(11)15(20)21/h1-2,10,22-23H,3-8H2,(H,17,19)(H,20,21). The van der Waals surface area contributed by atoms with Gasteiger partial charge in [0.05, 0.1) is 0 Å². The van der Waals surface area contributed by atoms with Gasteiger partial charge in [0, 0.05) is 26.1 Å². The zero-order valence-corrected chi connectivity index (χ0v) is 13.5. The lowest BCUT2D eigenvalue weighted by Gasteiger charge is -2.39. The Hall–Kier alpha value is -2.30. The van der Waals surface area contributed by atoms with E-state index in [1.165, 1.54) is 0 Å². The molecule has 0 atom stereocenters. The predicted octanol–water partition coefficient (Wildman–Crippen LogP) is -0.241. The molecule has 1 saturated heterocycles. The lowest BCUT2D eigenvalue weighted by Crippen LogP contribution is -2.54. The fourth-order valence-corrected chi connectivity index (χ4v) is 2.99. The molecule has 0 saturated carbocycles. The van der Waals surface area contributed by atoms with Crippen LogP contribution in [0.5, 0.6) is 11.5 Å². The number of benzene rings is 1. The number of hydroxylamine groups is 1. The smallest absolute Gasteiger partial charge is 0.522 e. The number of fused-ring (bicyclic) bond motifs is 1. The van der Waals surface area contributed by atoms with E-state index >= 15 is 0 Å². The van der Waals surface area contributed by atoms with Crippen LogP contribution >= 0.6 is 0 Å². The number of carboxylic acid groups (broad SMARTS) is 1. The van der Waals surface area contributed by atoms with Crippen molar-refractivity contribution < 1.29 is 34.3 Å². The number of nitrogens with zero attached hydrogens (tertiary/aromatic N) is 1. The van der Waals surface area contributed by atoms with Crippen LogP contribution in [0.25, 0.3) is 0 Å². The summed E-state index contributed by atoms with van der Waals surface area (Å²) in [6.45, 7) is 1.59. The fraction of sp³-hybridized carbons (Fsp3) is 0.467. The summed E-state index contributed by atoms with van der Waals surface area (Å²) in [5.74, 6) is -1.25. The van der Waals surface area contributed by atoms with Gasteiger partial charge >= 0.3 is 13.1 Å². The van der Waals surface area contributed by atoms with Crippen LogP contribution in [0.4, 0.5) is 0 Å². The molecule has 1 amide bonds. The van der Waals surface area contributed by atoms with E-state index in [1.54, 1.807) is 17.6 Å². The van der Waals surface area contributed by atoms with Gasteiger partial charge in [-0.1, -0.05) is 6.07 Å². The van der Waals surface area contributed by atoms with Crippen LogP contribution in [-0.4, -0.2) is 65.0 Å². The van der Waals surface area contributed by atoms with Crippen molar-refractivity contribution >= 4 is 19.0 Å². The SMILES string of the molecule is O=C(CCN1CC(Oc2ccc3c(c2C(=O)O)OB(O)CC3)C1)NO. The Morgan fingerprint density at radius 3 is 2.84 bits per heavy atom. The van der Waals surface area contributed by atoms with E-state index in [4.69, 9.17) is 14.6 Å². The lowest BCUT2D eigenvalue weighted by molar-refractivity contribution is -0.130. The highest BCUT2D eigenvalue weighted by molar-refractivity contribution is 6.44. The Kier molecular flexibility index (Phi) is 5.12. The number of aryl methyl sites for hydroxylation is 1. The van der Waals surface area contributed by atoms with Crippen LogP contribution < -0.4 is 14.9 Å². The van der Waals surface area contributed by atoms with E-state index in [0.717, 1.165) is 5.56 Å². The van der Waals surface area contributed by atoms with Crippen molar-refractivity contribution in [3.8, 4) is 11.5 Å². The number of carbonyl (C=O) groups excluding carboxylic acids is 1. The van der Waals surface area contributed by atoms with E-state index in [0.29, 0.717) is 32.4 Å². The molecule has 1 aromatic rings. The number of likely N-dealkylation sites (tertiary alicyclic amines) is 1. The highest BCUT2D eigenvalue weighted by atomic mass is 16.5. The number of hydrogen-bond acceptors (Lipinski definition) is 7. The van der Waals surface area contributed by atoms with Crippen molar-refractivity contribution in [3.05, 3.63) is 23.3 Å². The van der Waals surface area contributed by atoms with Crippen LogP contribution in [-0.2, 0) is 11.2 Å². The summed E-state index contributed by atoms with van der Waals surface area (Å²) in [5, 5.41) is 27.6. The first-order valence-corrected chi connectivity index (χ1v) is 8.03. The quantitative estimate of drug-likeness (QED) is 0.314. The topological polar surface area (TPSA) is 129 Å². The summed E-state index contributed by atoms with van der Waals surface area (Å²) in [5.41, 5.74) is 2.24. The van der Waals surface area contributed by atoms with E-state index in [9.17, 15) is 19.7 Å². The molecular weight excluding hydrogens is 331 g/mol. The summed E-state index contributed by atoms with van der Waals surface area (Å²) < 4.78 is 11.1. The van der Waals surface area contributed by atoms with Gasteiger partial charge in [0.15, 0.2) is 0 Å². The van der Waals surface area contributed by atoms with E-state index in [2.05, 4.69) is 0 Å². The first kappa shape index (κ1) is 17.5. The molecule has 3 rings (SSSR count). The molecule has 0 aliphatic carbocycles. The van der Waals surface area contributed by atoms with Gasteiger partial charge in [0.25, 0.3) is 0 Å². The third kappa shape index (κ3) is 3.86. The second-order valence-corrected chi connectivity index (χ2v) is 6.13. The van der Waals surface area contributed by atoms with Gasteiger partial charge in [-0.25, -0.2) is 10.3 Å². The number of amides is 1. The number of ether oxygens (including phenoxy) is 1. The van der Waals surface area contributed by atoms with Crippen molar-refractivity contribution in [2.75, 3.05) is 19.6 Å². The van der Waals surface area contributed by atoms with Crippen molar-refractivity contribution in [1.29, 1.82) is 0 Å². The van der Waals surface area contributed by atoms with E-state index in [-0.39, 0.29) is 29.6 Å². The maximum Gasteiger partial charge on any atom is 0.522 e. The number of aromatic carboxylic acids is 1. The molecular formula is C15H19BN2O7. The van der Waals surface area contributed by atoms with Crippen LogP contribution in [0.2, 0.25) is 6.32 Å². The second-order valence-electron chi connectivity index (χ2n) is 6.13. The number of nitrogens with one attached hydrogen (secondary N) is 1. The zero-order valence-electron chi connectivity index (χ0n) is 13.5. The monoisotopic (exact) mass is 350 g/mol. The van der Waals surface area contributed by atoms with Gasteiger partial charge in [0.2, 0.25) is 5.91 Å². The molecule has 2 aliphatic rings. The number of rotatable bonds is 6. The van der Waals surface area contributed by atoms with Crippen LogP contribution in [0, 0.1) is 0 Å². The molecule has 1 fully saturated rings. The van der Waals surface area contributed by atoms with Crippen LogP contribution in [0.15, 0.2) is 12.1 Å². The minimum atomic E-state index is -1.17. The van der Waals surface area contributed by atoms with Gasteiger partial charge in [-0.05, 0) is 24.4 Å². The Labute approximate surface area is 144 Å². The highest BCUT2D eigenvalue weighted by Crippen LogP contribution is 2.37. The third-order valence-corrected chi connectivity index (χ3v) is 4.33. The Morgan fingerprint density at radius 2 is 2.16 bits per heavy atom. The van der Waals surface area contributed by atoms with Crippen LogP contribution in [0.3, 0.4) is 0 Å². The van der Waals surface area contributed by atoms with Gasteiger partial charge in [-0.3, -0.25) is 14.9 Å². The normalized spacial score (nSPS) is 17.3. The Balaban J connectivity index is 1.65. The lowest BCUT2D eigenvalue weighted by atomic mass is 9.78. The molecule has 25 heavy (non-hydrogen) atoms. The molecule has 134 valence electrons. The molecule has 10 heteroatoms. The Bertz CT molecular complexity index is 678. The van der Waals surface area contributed by atoms with Gasteiger partial charge in [-0.15, -0.1) is 0 Å². The first-order chi connectivity index (χ1) is 12.0. The fourth-order valence-electron chi connectivity index (χ4n) is 2.99. The van der Waals surface area contributed by atoms with Gasteiger partial charge in [0.1, 0.15) is 23.2 Å². The summed E-state index contributed by atoms with van der Waals surface area (Å²) >= 11 is 0. The molecule has 0 unspecified atom stereocenters. The number of carbonyl (C=O) groups is 2. The van der Waals surface area contributed by atoms with Crippen molar-refractivity contribution in [2.45, 2.75) is 25.3 Å². The summed E-state index contributed by atoms with van der Waals surface area (Å²) in [7, 11) is -1.02. The van der Waals surface area contributed by atoms with Crippen molar-refractivity contribution in [2.24, 2.45) is 0 Å². The number of carboxylic acids is 1. The average molecular weight is 350 g/mol. The summed E-state index contributed by atoms with van der Waals surface area (Å²) in [6.07, 6.45) is 0.947. The first-order valence-electron chi connectivity index (χ1n) is 8.03. The minimum absolute atomic E-state index is 0.0747. The van der Waals surface area contributed by atoms with E-state index < -0.39 is 19.0 Å². The van der Waals surface area contributed by atoms with E-state index in [1.807, 2.05) is 4.90 Å². The molecule has 9 nitrogen and oxygen atoms in total. The summed E-state index contributed by atoms with van der Waals surface area (Å²) in [6, 6.07) is 3.37. The molecule has 1 aromatic carbocycles. The largest absolute Gasteiger partial charge is 0.535 e. The maximum absolute atomic E-state index is 11.6. The second kappa shape index (κ2) is 7.30. The Morgan fingerprint density at radius 1 is 1.40 bits per heavy atom. The third-order valence-electron chi connectivity index (χ3n) is 4.33.